The highest BCUT2D eigenvalue weighted by atomic mass is 32.2. The third kappa shape index (κ3) is 4.21. The van der Waals surface area contributed by atoms with Crippen molar-refractivity contribution in [2.45, 2.75) is 24.7 Å². The van der Waals surface area contributed by atoms with Crippen molar-refractivity contribution < 1.29 is 27.5 Å². The van der Waals surface area contributed by atoms with Gasteiger partial charge in [0.05, 0.1) is 4.90 Å². The topological polar surface area (TPSA) is 126 Å². The molecule has 0 atom stereocenters. The maximum atomic E-state index is 12.4. The van der Waals surface area contributed by atoms with Crippen LogP contribution < -0.4 is 10.3 Å². The van der Waals surface area contributed by atoms with E-state index >= 15 is 0 Å². The lowest BCUT2D eigenvalue weighted by Gasteiger charge is -2.08. The number of rotatable bonds is 7. The zero-order chi connectivity index (χ0) is 20.3. The molecule has 0 bridgehead atoms. The number of hydrogen-bond donors (Lipinski definition) is 3. The molecular formula is C19H18N2O6S. The van der Waals surface area contributed by atoms with Gasteiger partial charge in [-0.2, -0.15) is 0 Å². The van der Waals surface area contributed by atoms with E-state index < -0.39 is 21.9 Å². The Labute approximate surface area is 161 Å². The van der Waals surface area contributed by atoms with Crippen LogP contribution in [0.2, 0.25) is 0 Å². The molecule has 146 valence electrons. The summed E-state index contributed by atoms with van der Waals surface area (Å²) in [4.78, 5) is 24.9. The van der Waals surface area contributed by atoms with Crippen LogP contribution in [-0.4, -0.2) is 25.4 Å². The van der Waals surface area contributed by atoms with E-state index in [4.69, 9.17) is 9.52 Å². The van der Waals surface area contributed by atoms with Gasteiger partial charge in [-0.25, -0.2) is 8.42 Å². The van der Waals surface area contributed by atoms with Crippen LogP contribution in [0.1, 0.15) is 28.1 Å². The van der Waals surface area contributed by atoms with Gasteiger partial charge >= 0.3 is 11.9 Å². The second-order valence-electron chi connectivity index (χ2n) is 6.15. The number of para-hydroxylation sites is 1. The molecule has 1 aromatic heterocycles. The zero-order valence-corrected chi connectivity index (χ0v) is 15.7. The smallest absolute Gasteiger partial charge is 0.303 e. The van der Waals surface area contributed by atoms with Gasteiger partial charge in [0.2, 0.25) is 0 Å². The van der Waals surface area contributed by atoms with Crippen LogP contribution in [0, 0.1) is 6.92 Å². The van der Waals surface area contributed by atoms with Crippen molar-refractivity contribution in [3.05, 3.63) is 65.4 Å². The lowest BCUT2D eigenvalue weighted by Crippen LogP contribution is -2.41. The van der Waals surface area contributed by atoms with Crippen molar-refractivity contribution in [1.82, 2.24) is 10.3 Å². The van der Waals surface area contributed by atoms with E-state index in [1.165, 1.54) is 24.3 Å². The summed E-state index contributed by atoms with van der Waals surface area (Å²) >= 11 is 0. The number of hydrazine groups is 1. The largest absolute Gasteiger partial charge is 0.481 e. The number of sulfonamides is 1. The van der Waals surface area contributed by atoms with E-state index in [0.717, 1.165) is 5.39 Å². The first kappa shape index (κ1) is 19.6. The summed E-state index contributed by atoms with van der Waals surface area (Å²) in [5.41, 5.74) is 3.98. The van der Waals surface area contributed by atoms with Crippen LogP contribution in [0.3, 0.4) is 0 Å². The van der Waals surface area contributed by atoms with Crippen molar-refractivity contribution in [3.8, 4) is 0 Å². The number of fused-ring (bicyclic) bond motifs is 1. The average Bonchev–Trinajstić information content (AvgIpc) is 3.02. The number of carbonyl (C=O) groups excluding carboxylic acids is 1. The molecule has 1 amide bonds. The number of carboxylic acids is 1. The molecule has 0 aliphatic carbocycles. The van der Waals surface area contributed by atoms with E-state index in [1.54, 1.807) is 25.1 Å². The van der Waals surface area contributed by atoms with Gasteiger partial charge < -0.3 is 9.52 Å². The number of aliphatic carboxylic acids is 1. The first-order chi connectivity index (χ1) is 13.3. The Morgan fingerprint density at radius 1 is 1.07 bits per heavy atom. The van der Waals surface area contributed by atoms with Gasteiger partial charge in [0, 0.05) is 17.4 Å². The van der Waals surface area contributed by atoms with Crippen LogP contribution in [0.5, 0.6) is 0 Å². The molecule has 1 heterocycles. The highest BCUT2D eigenvalue weighted by molar-refractivity contribution is 7.89. The fourth-order valence-electron chi connectivity index (χ4n) is 2.71. The van der Waals surface area contributed by atoms with Gasteiger partial charge in [-0.05, 0) is 37.1 Å². The Balaban J connectivity index is 1.69. The molecule has 0 aliphatic heterocycles. The Hall–Kier alpha value is -3.17. The van der Waals surface area contributed by atoms with Crippen LogP contribution in [-0.2, 0) is 21.2 Å². The molecule has 0 saturated heterocycles. The Bertz CT molecular complexity index is 1130. The molecule has 28 heavy (non-hydrogen) atoms. The fourth-order valence-corrected chi connectivity index (χ4v) is 3.55. The number of aryl methyl sites for hydroxylation is 2. The molecule has 0 spiro atoms. The minimum Gasteiger partial charge on any atom is -0.481 e. The summed E-state index contributed by atoms with van der Waals surface area (Å²) in [6.07, 6.45) is 0.252. The third-order valence-electron chi connectivity index (χ3n) is 4.21. The second kappa shape index (κ2) is 7.83. The van der Waals surface area contributed by atoms with Crippen LogP contribution >= 0.6 is 0 Å². The predicted molar refractivity (Wildman–Crippen MR) is 101 cm³/mol. The molecule has 0 aliphatic rings. The highest BCUT2D eigenvalue weighted by Crippen LogP contribution is 2.24. The Morgan fingerprint density at radius 3 is 2.39 bits per heavy atom. The Morgan fingerprint density at radius 2 is 1.75 bits per heavy atom. The summed E-state index contributed by atoms with van der Waals surface area (Å²) in [6, 6.07) is 12.9. The van der Waals surface area contributed by atoms with Crippen molar-refractivity contribution >= 4 is 32.9 Å². The molecule has 3 rings (SSSR count). The van der Waals surface area contributed by atoms with E-state index in [-0.39, 0.29) is 17.1 Å². The second-order valence-corrected chi connectivity index (χ2v) is 7.83. The maximum Gasteiger partial charge on any atom is 0.303 e. The first-order valence-electron chi connectivity index (χ1n) is 8.39. The number of nitrogens with one attached hydrogen (secondary N) is 2. The average molecular weight is 402 g/mol. The number of carboxylic acid groups (broad SMARTS) is 1. The summed E-state index contributed by atoms with van der Waals surface area (Å²) in [5.74, 6) is -1.62. The molecule has 8 nitrogen and oxygen atoms in total. The van der Waals surface area contributed by atoms with Crippen molar-refractivity contribution in [2.24, 2.45) is 0 Å². The highest BCUT2D eigenvalue weighted by Gasteiger charge is 2.20. The van der Waals surface area contributed by atoms with Gasteiger partial charge in [0.25, 0.3) is 10.0 Å². The summed E-state index contributed by atoms with van der Waals surface area (Å²) in [5, 5.41) is 9.46. The lowest BCUT2D eigenvalue weighted by molar-refractivity contribution is -0.136. The van der Waals surface area contributed by atoms with E-state index in [1.807, 2.05) is 10.9 Å². The number of benzene rings is 2. The van der Waals surface area contributed by atoms with Gasteiger partial charge in [-0.15, -0.1) is 4.83 Å². The number of carbonyl (C=O) groups is 2. The van der Waals surface area contributed by atoms with Crippen molar-refractivity contribution in [1.29, 1.82) is 0 Å². The normalized spacial score (nSPS) is 11.5. The number of amides is 1. The monoisotopic (exact) mass is 402 g/mol. The van der Waals surface area contributed by atoms with E-state index in [2.05, 4.69) is 5.43 Å². The lowest BCUT2D eigenvalue weighted by atomic mass is 10.1. The minimum atomic E-state index is -3.99. The fraction of sp³-hybridized carbons (Fsp3) is 0.158. The molecule has 2 aromatic carbocycles. The summed E-state index contributed by atoms with van der Waals surface area (Å²) < 4.78 is 30.2. The number of hydrogen-bond acceptors (Lipinski definition) is 5. The van der Waals surface area contributed by atoms with Gasteiger partial charge in [-0.1, -0.05) is 30.3 Å². The quantitative estimate of drug-likeness (QED) is 0.521. The molecule has 0 unspecified atom stereocenters. The molecular weight excluding hydrogens is 384 g/mol. The summed E-state index contributed by atoms with van der Waals surface area (Å²) in [7, 11) is -3.99. The van der Waals surface area contributed by atoms with Crippen LogP contribution in [0.15, 0.2) is 57.8 Å². The van der Waals surface area contributed by atoms with E-state index in [9.17, 15) is 18.0 Å². The van der Waals surface area contributed by atoms with Gasteiger partial charge in [0.15, 0.2) is 5.76 Å². The maximum absolute atomic E-state index is 12.4. The Kier molecular flexibility index (Phi) is 5.48. The van der Waals surface area contributed by atoms with Crippen molar-refractivity contribution in [3.63, 3.8) is 0 Å². The third-order valence-corrected chi connectivity index (χ3v) is 5.47. The predicted octanol–water partition coefficient (Wildman–Crippen LogP) is 2.38. The summed E-state index contributed by atoms with van der Waals surface area (Å²) in [6.45, 7) is 1.71. The number of furan rings is 1. The standard InChI is InChI=1S/C19H18N2O6S/c1-12-15-4-2-3-5-16(15)27-18(12)19(24)20-21-28(25,26)14-9-6-13(7-10-14)8-11-17(22)23/h2-7,9-10,21H,8,11H2,1H3,(H,20,24)(H,22,23). The molecule has 0 fully saturated rings. The minimum absolute atomic E-state index is 0.0212. The molecule has 9 heteroatoms. The molecule has 0 radical (unpaired) electrons. The van der Waals surface area contributed by atoms with E-state index in [0.29, 0.717) is 23.1 Å². The molecule has 3 aromatic rings. The first-order valence-corrected chi connectivity index (χ1v) is 9.87. The van der Waals surface area contributed by atoms with Crippen molar-refractivity contribution in [2.75, 3.05) is 0 Å². The van der Waals surface area contributed by atoms with Gasteiger partial charge in [-0.3, -0.25) is 15.0 Å². The van der Waals surface area contributed by atoms with Gasteiger partial charge in [0.1, 0.15) is 5.58 Å². The molecule has 3 N–H and O–H groups in total. The van der Waals surface area contributed by atoms with Crippen LogP contribution in [0.25, 0.3) is 11.0 Å². The SMILES string of the molecule is Cc1c(C(=O)NNS(=O)(=O)c2ccc(CCC(=O)O)cc2)oc2ccccc12. The van der Waals surface area contributed by atoms with Crippen LogP contribution in [0.4, 0.5) is 0 Å². The zero-order valence-electron chi connectivity index (χ0n) is 14.9. The molecule has 0 saturated carbocycles.